The number of nitrogens with one attached hydrogen (secondary N) is 2. The summed E-state index contributed by atoms with van der Waals surface area (Å²) in [5, 5.41) is 5.72. The van der Waals surface area contributed by atoms with Crippen LogP contribution in [0.5, 0.6) is 0 Å². The van der Waals surface area contributed by atoms with E-state index < -0.39 is 0 Å². The molecule has 2 aliphatic rings. The lowest BCUT2D eigenvalue weighted by Gasteiger charge is -2.17. The van der Waals surface area contributed by atoms with Crippen LogP contribution in [0.3, 0.4) is 0 Å². The molecule has 2 aromatic rings. The minimum atomic E-state index is -0.132. The maximum atomic E-state index is 12.4. The highest BCUT2D eigenvalue weighted by Gasteiger charge is 2.21. The molecule has 2 saturated heterocycles. The molecule has 3 heterocycles. The first-order valence-electron chi connectivity index (χ1n) is 9.34. The summed E-state index contributed by atoms with van der Waals surface area (Å²) < 4.78 is 0. The molecule has 7 heteroatoms. The molecular formula is C20H23N5O2. The lowest BCUT2D eigenvalue weighted by molar-refractivity contribution is 0.0951. The highest BCUT2D eigenvalue weighted by Crippen LogP contribution is 2.19. The van der Waals surface area contributed by atoms with Crippen LogP contribution >= 0.6 is 0 Å². The standard InChI is InChI=1S/C20H23N5O2/c26-19(16-3-5-17(6-4-16)25-12-9-22-20(25)27)23-14-15-7-8-21-18(13-15)24-10-1-2-11-24/h3-8,13H,1-2,9-12,14H2,(H,22,27)(H,23,26). The van der Waals surface area contributed by atoms with Gasteiger partial charge in [-0.3, -0.25) is 9.69 Å². The maximum Gasteiger partial charge on any atom is 0.321 e. The number of anilines is 2. The molecule has 0 atom stereocenters. The molecule has 0 unspecified atom stereocenters. The fourth-order valence-corrected chi connectivity index (χ4v) is 3.48. The quantitative estimate of drug-likeness (QED) is 0.851. The Labute approximate surface area is 158 Å². The summed E-state index contributed by atoms with van der Waals surface area (Å²) in [6.45, 7) is 3.84. The van der Waals surface area contributed by atoms with Gasteiger partial charge in [0.05, 0.1) is 0 Å². The molecule has 0 aliphatic carbocycles. The van der Waals surface area contributed by atoms with Crippen molar-refractivity contribution < 1.29 is 9.59 Å². The minimum Gasteiger partial charge on any atom is -0.357 e. The summed E-state index contributed by atoms with van der Waals surface area (Å²) in [4.78, 5) is 32.5. The molecule has 0 saturated carbocycles. The first-order chi connectivity index (χ1) is 13.2. The van der Waals surface area contributed by atoms with Gasteiger partial charge in [-0.05, 0) is 54.8 Å². The van der Waals surface area contributed by atoms with Gasteiger partial charge in [-0.2, -0.15) is 0 Å². The molecule has 2 N–H and O–H groups in total. The van der Waals surface area contributed by atoms with E-state index >= 15 is 0 Å². The largest absolute Gasteiger partial charge is 0.357 e. The third-order valence-corrected chi connectivity index (χ3v) is 4.99. The van der Waals surface area contributed by atoms with Crippen LogP contribution in [0.2, 0.25) is 0 Å². The summed E-state index contributed by atoms with van der Waals surface area (Å²) in [7, 11) is 0. The van der Waals surface area contributed by atoms with Crippen molar-refractivity contribution in [2.75, 3.05) is 36.0 Å². The number of urea groups is 1. The van der Waals surface area contributed by atoms with Crippen LogP contribution in [0.4, 0.5) is 16.3 Å². The van der Waals surface area contributed by atoms with Crippen molar-refractivity contribution in [1.82, 2.24) is 15.6 Å². The maximum absolute atomic E-state index is 12.4. The van der Waals surface area contributed by atoms with E-state index in [4.69, 9.17) is 0 Å². The van der Waals surface area contributed by atoms with Gasteiger partial charge in [0.2, 0.25) is 0 Å². The molecule has 1 aromatic carbocycles. The Morgan fingerprint density at radius 3 is 2.59 bits per heavy atom. The molecule has 7 nitrogen and oxygen atoms in total. The van der Waals surface area contributed by atoms with Crippen LogP contribution in [0.15, 0.2) is 42.6 Å². The average molecular weight is 365 g/mol. The fraction of sp³-hybridized carbons (Fsp3) is 0.350. The van der Waals surface area contributed by atoms with Crippen molar-refractivity contribution in [3.05, 3.63) is 53.7 Å². The lowest BCUT2D eigenvalue weighted by Crippen LogP contribution is -2.28. The van der Waals surface area contributed by atoms with Gasteiger partial charge >= 0.3 is 6.03 Å². The SMILES string of the molecule is O=C(NCc1ccnc(N2CCCC2)c1)c1ccc(N2CCNC2=O)cc1. The molecule has 1 aromatic heterocycles. The number of carbonyl (C=O) groups is 2. The van der Waals surface area contributed by atoms with Crippen molar-refractivity contribution in [2.24, 2.45) is 0 Å². The van der Waals surface area contributed by atoms with Gasteiger partial charge in [0.1, 0.15) is 5.82 Å². The van der Waals surface area contributed by atoms with E-state index in [1.54, 1.807) is 35.4 Å². The Balaban J connectivity index is 1.36. The third kappa shape index (κ3) is 3.86. The Morgan fingerprint density at radius 1 is 1.11 bits per heavy atom. The van der Waals surface area contributed by atoms with Crippen molar-refractivity contribution in [2.45, 2.75) is 19.4 Å². The zero-order valence-electron chi connectivity index (χ0n) is 15.1. The second-order valence-electron chi connectivity index (χ2n) is 6.83. The van der Waals surface area contributed by atoms with E-state index in [0.29, 0.717) is 25.2 Å². The zero-order chi connectivity index (χ0) is 18.6. The summed E-state index contributed by atoms with van der Waals surface area (Å²) in [5.41, 5.74) is 2.41. The number of pyridine rings is 1. The number of hydrogen-bond donors (Lipinski definition) is 2. The van der Waals surface area contributed by atoms with Gasteiger partial charge in [0, 0.05) is 50.2 Å². The van der Waals surface area contributed by atoms with E-state index in [1.165, 1.54) is 12.8 Å². The molecule has 0 bridgehead atoms. The predicted molar refractivity (Wildman–Crippen MR) is 104 cm³/mol. The van der Waals surface area contributed by atoms with E-state index in [2.05, 4.69) is 20.5 Å². The Kier molecular flexibility index (Phi) is 4.91. The van der Waals surface area contributed by atoms with Crippen LogP contribution in [0.1, 0.15) is 28.8 Å². The third-order valence-electron chi connectivity index (χ3n) is 4.99. The zero-order valence-corrected chi connectivity index (χ0v) is 15.1. The van der Waals surface area contributed by atoms with Crippen molar-refractivity contribution in [1.29, 1.82) is 0 Å². The molecule has 140 valence electrons. The highest BCUT2D eigenvalue weighted by atomic mass is 16.2. The Hall–Kier alpha value is -3.09. The van der Waals surface area contributed by atoms with Gasteiger partial charge in [0.15, 0.2) is 0 Å². The first-order valence-corrected chi connectivity index (χ1v) is 9.34. The van der Waals surface area contributed by atoms with Crippen molar-refractivity contribution in [3.63, 3.8) is 0 Å². The van der Waals surface area contributed by atoms with Crippen LogP contribution in [0, 0.1) is 0 Å². The average Bonchev–Trinajstić information content (AvgIpc) is 3.38. The molecule has 2 fully saturated rings. The van der Waals surface area contributed by atoms with Gasteiger partial charge < -0.3 is 15.5 Å². The van der Waals surface area contributed by atoms with Crippen LogP contribution in [-0.4, -0.2) is 43.1 Å². The van der Waals surface area contributed by atoms with E-state index in [9.17, 15) is 9.59 Å². The molecular weight excluding hydrogens is 342 g/mol. The minimum absolute atomic E-state index is 0.0984. The lowest BCUT2D eigenvalue weighted by atomic mass is 10.1. The number of rotatable bonds is 5. The number of aromatic nitrogens is 1. The van der Waals surface area contributed by atoms with Gasteiger partial charge in [-0.15, -0.1) is 0 Å². The van der Waals surface area contributed by atoms with E-state index in [0.717, 1.165) is 30.2 Å². The molecule has 3 amide bonds. The van der Waals surface area contributed by atoms with Gasteiger partial charge in [-0.1, -0.05) is 0 Å². The molecule has 0 radical (unpaired) electrons. The number of benzene rings is 1. The first kappa shape index (κ1) is 17.3. The fourth-order valence-electron chi connectivity index (χ4n) is 3.48. The summed E-state index contributed by atoms with van der Waals surface area (Å²) in [5.74, 6) is 0.847. The van der Waals surface area contributed by atoms with Gasteiger partial charge in [0.25, 0.3) is 5.91 Å². The number of hydrogen-bond acceptors (Lipinski definition) is 4. The van der Waals surface area contributed by atoms with E-state index in [-0.39, 0.29) is 11.9 Å². The smallest absolute Gasteiger partial charge is 0.321 e. The highest BCUT2D eigenvalue weighted by molar-refractivity contribution is 5.97. The normalized spacial score (nSPS) is 16.5. The molecule has 4 rings (SSSR count). The number of carbonyl (C=O) groups excluding carboxylic acids is 2. The Bertz CT molecular complexity index is 831. The van der Waals surface area contributed by atoms with Crippen LogP contribution < -0.4 is 20.4 Å². The van der Waals surface area contributed by atoms with Crippen LogP contribution in [0.25, 0.3) is 0 Å². The second kappa shape index (κ2) is 7.65. The number of nitrogens with zero attached hydrogens (tertiary/aromatic N) is 3. The molecule has 2 aliphatic heterocycles. The molecule has 27 heavy (non-hydrogen) atoms. The van der Waals surface area contributed by atoms with Crippen LogP contribution in [-0.2, 0) is 6.54 Å². The molecule has 0 spiro atoms. The number of amides is 3. The predicted octanol–water partition coefficient (Wildman–Crippen LogP) is 2.14. The topological polar surface area (TPSA) is 77.6 Å². The van der Waals surface area contributed by atoms with Crippen molar-refractivity contribution >= 4 is 23.4 Å². The second-order valence-corrected chi connectivity index (χ2v) is 6.83. The summed E-state index contributed by atoms with van der Waals surface area (Å²) in [6.07, 6.45) is 4.21. The van der Waals surface area contributed by atoms with E-state index in [1.807, 2.05) is 12.1 Å². The van der Waals surface area contributed by atoms with Crippen molar-refractivity contribution in [3.8, 4) is 0 Å². The monoisotopic (exact) mass is 365 g/mol. The Morgan fingerprint density at radius 2 is 1.89 bits per heavy atom. The summed E-state index contributed by atoms with van der Waals surface area (Å²) in [6, 6.07) is 11.0. The summed E-state index contributed by atoms with van der Waals surface area (Å²) >= 11 is 0. The van der Waals surface area contributed by atoms with Gasteiger partial charge in [-0.25, -0.2) is 9.78 Å².